The van der Waals surface area contributed by atoms with Gasteiger partial charge in [-0.2, -0.15) is 11.8 Å². The van der Waals surface area contributed by atoms with Gasteiger partial charge in [0.15, 0.2) is 0 Å². The van der Waals surface area contributed by atoms with Gasteiger partial charge in [-0.25, -0.2) is 4.79 Å². The second-order valence-electron chi connectivity index (χ2n) is 7.69. The van der Waals surface area contributed by atoms with Crippen molar-refractivity contribution in [1.29, 1.82) is 0 Å². The number of amides is 2. The van der Waals surface area contributed by atoms with E-state index in [1.54, 1.807) is 0 Å². The van der Waals surface area contributed by atoms with E-state index in [1.165, 1.54) is 35.4 Å². The zero-order valence-electron chi connectivity index (χ0n) is 19.0. The summed E-state index contributed by atoms with van der Waals surface area (Å²) < 4.78 is 0. The number of thioether (sulfide) groups is 1. The third kappa shape index (κ3) is 16.9. The summed E-state index contributed by atoms with van der Waals surface area (Å²) in [4.78, 5) is 33.9. The Hall–Kier alpha value is -2.02. The molecule has 0 aliphatic heterocycles. The minimum absolute atomic E-state index is 0.0638. The number of rotatable bonds is 15. The standard InChI is InChI=1S/C23H38N2O4S/c1-17(2)8-6-9-18(3)10-7-11-19(4)13-15-30-16-21(23(28)29)25-22(27)12-14-24-20(5)26/h8,10,13,21H,6-7,9,11-12,14-16H2,1-5H3,(H,24,26)(H,25,27)(H,28,29)/t21-/m0/s1. The van der Waals surface area contributed by atoms with Crippen LogP contribution in [0.4, 0.5) is 0 Å². The average molecular weight is 439 g/mol. The number of carbonyl (C=O) groups is 3. The molecule has 0 rings (SSSR count). The van der Waals surface area contributed by atoms with Crippen molar-refractivity contribution in [1.82, 2.24) is 10.6 Å². The molecule has 0 aromatic heterocycles. The first-order valence-electron chi connectivity index (χ1n) is 10.4. The predicted octanol–water partition coefficient (Wildman–Crippen LogP) is 4.23. The van der Waals surface area contributed by atoms with Crippen LogP contribution in [0.2, 0.25) is 0 Å². The molecule has 3 N–H and O–H groups in total. The first-order valence-corrected chi connectivity index (χ1v) is 11.6. The summed E-state index contributed by atoms with van der Waals surface area (Å²) in [6, 6.07) is -0.931. The van der Waals surface area contributed by atoms with Gasteiger partial charge in [-0.1, -0.05) is 34.9 Å². The molecule has 0 saturated carbocycles. The van der Waals surface area contributed by atoms with Crippen LogP contribution in [0.5, 0.6) is 0 Å². The summed E-state index contributed by atoms with van der Waals surface area (Å²) in [7, 11) is 0. The average Bonchev–Trinajstić information content (AvgIpc) is 2.63. The minimum atomic E-state index is -1.05. The van der Waals surface area contributed by atoms with Crippen LogP contribution in [0.15, 0.2) is 34.9 Å². The Balaban J connectivity index is 4.19. The molecule has 2 amide bonds. The van der Waals surface area contributed by atoms with Crippen molar-refractivity contribution >= 4 is 29.5 Å². The lowest BCUT2D eigenvalue weighted by Gasteiger charge is -2.14. The Morgan fingerprint density at radius 3 is 2.07 bits per heavy atom. The first kappa shape index (κ1) is 28.0. The van der Waals surface area contributed by atoms with Gasteiger partial charge in [-0.15, -0.1) is 0 Å². The van der Waals surface area contributed by atoms with Gasteiger partial charge in [0.05, 0.1) is 0 Å². The number of carboxylic acids is 1. The summed E-state index contributed by atoms with van der Waals surface area (Å²) in [5, 5.41) is 14.3. The first-order chi connectivity index (χ1) is 14.1. The van der Waals surface area contributed by atoms with E-state index in [1.807, 2.05) is 0 Å². The van der Waals surface area contributed by atoms with Gasteiger partial charge in [-0.3, -0.25) is 9.59 Å². The normalized spacial score (nSPS) is 12.8. The number of allylic oxidation sites excluding steroid dienone is 5. The summed E-state index contributed by atoms with van der Waals surface area (Å²) in [5.74, 6) is -0.639. The molecule has 6 nitrogen and oxygen atoms in total. The van der Waals surface area contributed by atoms with E-state index in [2.05, 4.69) is 56.6 Å². The molecule has 7 heteroatoms. The lowest BCUT2D eigenvalue weighted by atomic mass is 10.1. The third-order valence-corrected chi connectivity index (χ3v) is 5.29. The van der Waals surface area contributed by atoms with Gasteiger partial charge < -0.3 is 15.7 Å². The van der Waals surface area contributed by atoms with Crippen LogP contribution >= 0.6 is 11.8 Å². The van der Waals surface area contributed by atoms with Crippen LogP contribution in [-0.2, 0) is 14.4 Å². The Bertz CT molecular complexity index is 650. The molecule has 0 aliphatic carbocycles. The molecule has 0 unspecified atom stereocenters. The van der Waals surface area contributed by atoms with Crippen molar-refractivity contribution in [3.8, 4) is 0 Å². The van der Waals surface area contributed by atoms with Gasteiger partial charge in [-0.05, 0) is 53.4 Å². The van der Waals surface area contributed by atoms with Crippen LogP contribution in [0.1, 0.15) is 66.7 Å². The largest absolute Gasteiger partial charge is 0.480 e. The molecule has 170 valence electrons. The Morgan fingerprint density at radius 2 is 1.50 bits per heavy atom. The summed E-state index contributed by atoms with van der Waals surface area (Å²) in [6.45, 7) is 10.1. The fourth-order valence-electron chi connectivity index (χ4n) is 2.52. The summed E-state index contributed by atoms with van der Waals surface area (Å²) in [5.41, 5.74) is 4.05. The van der Waals surface area contributed by atoms with E-state index in [0.29, 0.717) is 11.5 Å². The van der Waals surface area contributed by atoms with E-state index in [9.17, 15) is 19.5 Å². The highest BCUT2D eigenvalue weighted by molar-refractivity contribution is 7.99. The Labute approximate surface area is 185 Å². The molecule has 1 atom stereocenters. The molecule has 0 radical (unpaired) electrons. The van der Waals surface area contributed by atoms with Gasteiger partial charge in [0.1, 0.15) is 6.04 Å². The van der Waals surface area contributed by atoms with Crippen molar-refractivity contribution < 1.29 is 19.5 Å². The zero-order chi connectivity index (χ0) is 22.9. The van der Waals surface area contributed by atoms with Crippen LogP contribution < -0.4 is 10.6 Å². The van der Waals surface area contributed by atoms with Crippen molar-refractivity contribution in [3.63, 3.8) is 0 Å². The maximum Gasteiger partial charge on any atom is 0.327 e. The lowest BCUT2D eigenvalue weighted by Crippen LogP contribution is -2.43. The molecule has 0 aliphatic rings. The molecule has 0 heterocycles. The molecule has 0 fully saturated rings. The van der Waals surface area contributed by atoms with E-state index < -0.39 is 12.0 Å². The molecular formula is C23H38N2O4S. The fourth-order valence-corrected chi connectivity index (χ4v) is 3.52. The van der Waals surface area contributed by atoms with E-state index in [-0.39, 0.29) is 24.8 Å². The predicted molar refractivity (Wildman–Crippen MR) is 126 cm³/mol. The van der Waals surface area contributed by atoms with Crippen LogP contribution in [0.25, 0.3) is 0 Å². The van der Waals surface area contributed by atoms with Crippen LogP contribution in [0.3, 0.4) is 0 Å². The number of hydrogen-bond donors (Lipinski definition) is 3. The van der Waals surface area contributed by atoms with Gasteiger partial charge in [0.25, 0.3) is 0 Å². The Morgan fingerprint density at radius 1 is 0.900 bits per heavy atom. The second kappa shape index (κ2) is 16.7. The van der Waals surface area contributed by atoms with Crippen molar-refractivity contribution in [3.05, 3.63) is 34.9 Å². The quantitative estimate of drug-likeness (QED) is 0.263. The molecule has 0 bridgehead atoms. The topological polar surface area (TPSA) is 95.5 Å². The molecule has 0 spiro atoms. The summed E-state index contributed by atoms with van der Waals surface area (Å²) >= 11 is 1.48. The number of hydrogen-bond acceptors (Lipinski definition) is 4. The monoisotopic (exact) mass is 438 g/mol. The van der Waals surface area contributed by atoms with Crippen molar-refractivity contribution in [2.75, 3.05) is 18.1 Å². The van der Waals surface area contributed by atoms with Crippen molar-refractivity contribution in [2.24, 2.45) is 0 Å². The van der Waals surface area contributed by atoms with Gasteiger partial charge >= 0.3 is 5.97 Å². The highest BCUT2D eigenvalue weighted by Crippen LogP contribution is 2.13. The molecular weight excluding hydrogens is 400 g/mol. The number of aliphatic carboxylic acids is 1. The third-order valence-electron chi connectivity index (χ3n) is 4.32. The summed E-state index contributed by atoms with van der Waals surface area (Å²) in [6.07, 6.45) is 10.9. The zero-order valence-corrected chi connectivity index (χ0v) is 19.9. The van der Waals surface area contributed by atoms with Gasteiger partial charge in [0, 0.05) is 31.4 Å². The fraction of sp³-hybridized carbons (Fsp3) is 0.609. The SMILES string of the molecule is CC(=O)NCCC(=O)N[C@@H](CSCC=C(C)CCC=C(C)CCC=C(C)C)C(=O)O. The molecule has 30 heavy (non-hydrogen) atoms. The van der Waals surface area contributed by atoms with E-state index in [4.69, 9.17) is 0 Å². The van der Waals surface area contributed by atoms with Crippen LogP contribution in [0, 0.1) is 0 Å². The maximum atomic E-state index is 11.8. The van der Waals surface area contributed by atoms with Gasteiger partial charge in [0.2, 0.25) is 11.8 Å². The number of nitrogens with one attached hydrogen (secondary N) is 2. The second-order valence-corrected chi connectivity index (χ2v) is 8.76. The van der Waals surface area contributed by atoms with Crippen LogP contribution in [-0.4, -0.2) is 47.0 Å². The maximum absolute atomic E-state index is 11.8. The molecule has 0 saturated heterocycles. The van der Waals surface area contributed by atoms with E-state index in [0.717, 1.165) is 25.7 Å². The minimum Gasteiger partial charge on any atom is -0.480 e. The number of carboxylic acid groups (broad SMARTS) is 1. The highest BCUT2D eigenvalue weighted by Gasteiger charge is 2.19. The smallest absolute Gasteiger partial charge is 0.327 e. The van der Waals surface area contributed by atoms with E-state index >= 15 is 0 Å². The molecule has 0 aromatic carbocycles. The lowest BCUT2D eigenvalue weighted by molar-refractivity contribution is -0.141. The van der Waals surface area contributed by atoms with Crippen molar-refractivity contribution in [2.45, 2.75) is 72.8 Å². The highest BCUT2D eigenvalue weighted by atomic mass is 32.2. The molecule has 0 aromatic rings. The Kier molecular flexibility index (Phi) is 15.6. The number of carbonyl (C=O) groups excluding carboxylic acids is 2.